The maximum atomic E-state index is 12.6. The Morgan fingerprint density at radius 3 is 2.62 bits per heavy atom. The first-order valence-electron chi connectivity index (χ1n) is 6.95. The SMILES string of the molecule is N#Cc1cccc(NS(=O)(=O)c2ccc(-c3cc(C(F)(F)F)[nH]n3)s2)c1. The number of halogens is 3. The average Bonchev–Trinajstić information content (AvgIpc) is 3.23. The highest BCUT2D eigenvalue weighted by molar-refractivity contribution is 7.94. The van der Waals surface area contributed by atoms with Gasteiger partial charge in [-0.05, 0) is 36.4 Å². The number of nitrogens with one attached hydrogen (secondary N) is 2. The molecule has 0 saturated heterocycles. The molecule has 0 aliphatic carbocycles. The Balaban J connectivity index is 1.86. The summed E-state index contributed by atoms with van der Waals surface area (Å²) in [4.78, 5) is 0.267. The number of nitrogens with zero attached hydrogens (tertiary/aromatic N) is 2. The van der Waals surface area contributed by atoms with Gasteiger partial charge in [0.25, 0.3) is 10.0 Å². The predicted molar refractivity (Wildman–Crippen MR) is 88.9 cm³/mol. The summed E-state index contributed by atoms with van der Waals surface area (Å²) in [5, 5.41) is 14.3. The van der Waals surface area contributed by atoms with Crippen LogP contribution in [0.25, 0.3) is 10.6 Å². The molecule has 2 N–H and O–H groups in total. The van der Waals surface area contributed by atoms with E-state index in [0.29, 0.717) is 0 Å². The quantitative estimate of drug-likeness (QED) is 0.698. The van der Waals surface area contributed by atoms with Crippen LogP contribution in [0.3, 0.4) is 0 Å². The van der Waals surface area contributed by atoms with E-state index in [2.05, 4.69) is 9.82 Å². The van der Waals surface area contributed by atoms with Crippen LogP contribution >= 0.6 is 11.3 Å². The Bertz CT molecular complexity index is 1090. The van der Waals surface area contributed by atoms with E-state index in [0.717, 1.165) is 17.4 Å². The van der Waals surface area contributed by atoms with Crippen molar-refractivity contribution in [3.05, 3.63) is 53.7 Å². The normalized spacial score (nSPS) is 11.9. The van der Waals surface area contributed by atoms with E-state index in [1.807, 2.05) is 11.2 Å². The van der Waals surface area contributed by atoms with Gasteiger partial charge in [0.15, 0.2) is 0 Å². The van der Waals surface area contributed by atoms with Gasteiger partial charge in [-0.2, -0.15) is 23.5 Å². The summed E-state index contributed by atoms with van der Waals surface area (Å²) in [5.41, 5.74) is -0.529. The van der Waals surface area contributed by atoms with E-state index in [1.54, 1.807) is 0 Å². The first-order valence-corrected chi connectivity index (χ1v) is 9.25. The van der Waals surface area contributed by atoms with Gasteiger partial charge in [-0.15, -0.1) is 11.3 Å². The molecule has 11 heteroatoms. The van der Waals surface area contributed by atoms with Gasteiger partial charge in [0.05, 0.1) is 22.2 Å². The highest BCUT2D eigenvalue weighted by Crippen LogP contribution is 2.34. The van der Waals surface area contributed by atoms with Crippen molar-refractivity contribution in [3.8, 4) is 16.6 Å². The number of alkyl halides is 3. The van der Waals surface area contributed by atoms with Crippen LogP contribution in [0.5, 0.6) is 0 Å². The van der Waals surface area contributed by atoms with Gasteiger partial charge in [-0.1, -0.05) is 6.07 Å². The van der Waals surface area contributed by atoms with Gasteiger partial charge < -0.3 is 0 Å². The second kappa shape index (κ2) is 6.47. The Hall–Kier alpha value is -2.84. The average molecular weight is 398 g/mol. The first-order chi connectivity index (χ1) is 12.2. The van der Waals surface area contributed by atoms with Gasteiger partial charge in [-0.25, -0.2) is 8.42 Å². The van der Waals surface area contributed by atoms with Gasteiger partial charge >= 0.3 is 6.18 Å². The van der Waals surface area contributed by atoms with E-state index in [1.165, 1.54) is 36.4 Å². The molecule has 26 heavy (non-hydrogen) atoms. The summed E-state index contributed by atoms with van der Waals surface area (Å²) in [6, 6.07) is 11.3. The molecule has 2 aromatic heterocycles. The molecular formula is C15H9F3N4O2S2. The number of rotatable bonds is 4. The van der Waals surface area contributed by atoms with E-state index in [-0.39, 0.29) is 26.0 Å². The van der Waals surface area contributed by atoms with Crippen molar-refractivity contribution in [2.75, 3.05) is 4.72 Å². The minimum absolute atomic E-state index is 0.00440. The zero-order chi connectivity index (χ0) is 18.9. The number of nitriles is 1. The fourth-order valence-corrected chi connectivity index (χ4v) is 4.37. The number of hydrogen-bond donors (Lipinski definition) is 2. The maximum Gasteiger partial charge on any atom is 0.432 e. The standard InChI is InChI=1S/C15H9F3N4O2S2/c16-15(17,18)13-7-11(20-21-13)12-4-5-14(25-12)26(23,24)22-10-3-1-2-9(6-10)8-19/h1-7,22H,(H,20,21). The summed E-state index contributed by atoms with van der Waals surface area (Å²) in [7, 11) is -3.95. The molecule has 0 fully saturated rings. The molecule has 2 heterocycles. The Labute approximate surface area is 150 Å². The van der Waals surface area contributed by atoms with Gasteiger partial charge in [0.1, 0.15) is 15.6 Å². The topological polar surface area (TPSA) is 98.6 Å². The minimum atomic E-state index is -4.56. The summed E-state index contributed by atoms with van der Waals surface area (Å²) in [6.45, 7) is 0. The molecule has 1 aromatic carbocycles. The van der Waals surface area contributed by atoms with Crippen LogP contribution in [0.1, 0.15) is 11.3 Å². The molecule has 0 bridgehead atoms. The van der Waals surface area contributed by atoms with E-state index in [9.17, 15) is 21.6 Å². The predicted octanol–water partition coefficient (Wildman–Crippen LogP) is 3.83. The van der Waals surface area contributed by atoms with Crippen molar-refractivity contribution in [3.63, 3.8) is 0 Å². The van der Waals surface area contributed by atoms with Crippen molar-refractivity contribution in [2.45, 2.75) is 10.4 Å². The second-order valence-corrected chi connectivity index (χ2v) is 8.07. The van der Waals surface area contributed by atoms with E-state index < -0.39 is 21.9 Å². The number of hydrogen-bond acceptors (Lipinski definition) is 5. The van der Waals surface area contributed by atoms with E-state index in [4.69, 9.17) is 5.26 Å². The van der Waals surface area contributed by atoms with Crippen molar-refractivity contribution < 1.29 is 21.6 Å². The first kappa shape index (κ1) is 18.0. The number of H-pyrrole nitrogens is 1. The number of anilines is 1. The third-order valence-corrected chi connectivity index (χ3v) is 6.21. The van der Waals surface area contributed by atoms with Crippen molar-refractivity contribution in [1.29, 1.82) is 5.26 Å². The fraction of sp³-hybridized carbons (Fsp3) is 0.0667. The minimum Gasteiger partial charge on any atom is -0.279 e. The number of aromatic nitrogens is 2. The fourth-order valence-electron chi connectivity index (χ4n) is 2.05. The molecule has 0 amide bonds. The van der Waals surface area contributed by atoms with Gasteiger partial charge in [0, 0.05) is 0 Å². The molecule has 3 aromatic rings. The smallest absolute Gasteiger partial charge is 0.279 e. The summed E-state index contributed by atoms with van der Waals surface area (Å²) >= 11 is 0.781. The molecule has 0 saturated carbocycles. The molecule has 0 radical (unpaired) electrons. The zero-order valence-electron chi connectivity index (χ0n) is 12.7. The monoisotopic (exact) mass is 398 g/mol. The van der Waals surface area contributed by atoms with Crippen molar-refractivity contribution >= 4 is 27.0 Å². The molecule has 0 aliphatic heterocycles. The summed E-state index contributed by atoms with van der Waals surface area (Å²) in [5.74, 6) is 0. The number of aromatic amines is 1. The lowest BCUT2D eigenvalue weighted by Crippen LogP contribution is -2.11. The third kappa shape index (κ3) is 3.71. The molecular weight excluding hydrogens is 389 g/mol. The lowest BCUT2D eigenvalue weighted by atomic mass is 10.2. The number of thiophene rings is 1. The molecule has 0 aliphatic rings. The molecule has 6 nitrogen and oxygen atoms in total. The van der Waals surface area contributed by atoms with E-state index >= 15 is 0 Å². The Morgan fingerprint density at radius 1 is 1.19 bits per heavy atom. The van der Waals surface area contributed by atoms with Crippen LogP contribution in [0.2, 0.25) is 0 Å². The lowest BCUT2D eigenvalue weighted by Gasteiger charge is -2.06. The van der Waals surface area contributed by atoms with Crippen molar-refractivity contribution in [2.24, 2.45) is 0 Å². The van der Waals surface area contributed by atoms with Crippen LogP contribution < -0.4 is 4.72 Å². The lowest BCUT2D eigenvalue weighted by molar-refractivity contribution is -0.141. The van der Waals surface area contributed by atoms with Crippen LogP contribution in [0.15, 0.2) is 46.7 Å². The highest BCUT2D eigenvalue weighted by atomic mass is 32.2. The van der Waals surface area contributed by atoms with Crippen LogP contribution in [0, 0.1) is 11.3 Å². The molecule has 0 spiro atoms. The molecule has 0 atom stereocenters. The van der Waals surface area contributed by atoms with Crippen LogP contribution in [0.4, 0.5) is 18.9 Å². The summed E-state index contributed by atoms with van der Waals surface area (Å²) in [6.07, 6.45) is -4.56. The zero-order valence-corrected chi connectivity index (χ0v) is 14.3. The number of benzene rings is 1. The Kier molecular flexibility index (Phi) is 4.47. The van der Waals surface area contributed by atoms with Crippen LogP contribution in [-0.2, 0) is 16.2 Å². The van der Waals surface area contributed by atoms with Gasteiger partial charge in [0.2, 0.25) is 0 Å². The van der Waals surface area contributed by atoms with Gasteiger partial charge in [-0.3, -0.25) is 9.82 Å². The summed E-state index contributed by atoms with van der Waals surface area (Å²) < 4.78 is 64.9. The van der Waals surface area contributed by atoms with Crippen LogP contribution in [-0.4, -0.2) is 18.6 Å². The molecule has 0 unspecified atom stereocenters. The maximum absolute atomic E-state index is 12.6. The largest absolute Gasteiger partial charge is 0.432 e. The highest BCUT2D eigenvalue weighted by Gasteiger charge is 2.33. The molecule has 134 valence electrons. The third-order valence-electron chi connectivity index (χ3n) is 3.23. The Morgan fingerprint density at radius 2 is 1.96 bits per heavy atom. The number of sulfonamides is 1. The molecule has 3 rings (SSSR count). The second-order valence-electron chi connectivity index (χ2n) is 5.08. The van der Waals surface area contributed by atoms with Crippen molar-refractivity contribution in [1.82, 2.24) is 10.2 Å².